The van der Waals surface area contributed by atoms with Crippen molar-refractivity contribution < 1.29 is 19.1 Å². The van der Waals surface area contributed by atoms with Crippen molar-refractivity contribution in [2.24, 2.45) is 5.73 Å². The van der Waals surface area contributed by atoms with Crippen LogP contribution in [0.15, 0.2) is 24.3 Å². The summed E-state index contributed by atoms with van der Waals surface area (Å²) in [6.45, 7) is 3.56. The zero-order valence-corrected chi connectivity index (χ0v) is 11.0. The Kier molecular flexibility index (Phi) is 5.81. The van der Waals surface area contributed by atoms with E-state index in [1.54, 1.807) is 24.3 Å². The topological polar surface area (TPSA) is 90.7 Å². The normalized spacial score (nSPS) is 10.3. The molecule has 0 saturated carbocycles. The lowest BCUT2D eigenvalue weighted by Gasteiger charge is -2.09. The second kappa shape index (κ2) is 7.38. The van der Waals surface area contributed by atoms with Crippen LogP contribution in [0.1, 0.15) is 13.8 Å². The molecule has 19 heavy (non-hydrogen) atoms. The lowest BCUT2D eigenvalue weighted by atomic mass is 10.3. The molecule has 0 spiro atoms. The van der Waals surface area contributed by atoms with E-state index < -0.39 is 5.91 Å². The van der Waals surface area contributed by atoms with Crippen LogP contribution in [-0.2, 0) is 14.3 Å². The number of amides is 2. The molecule has 0 bridgehead atoms. The molecule has 0 radical (unpaired) electrons. The largest absolute Gasteiger partial charge is 0.484 e. The lowest BCUT2D eigenvalue weighted by Crippen LogP contribution is -2.21. The number of rotatable bonds is 7. The Bertz CT molecular complexity index is 429. The Morgan fingerprint density at radius 1 is 1.21 bits per heavy atom. The highest BCUT2D eigenvalue weighted by atomic mass is 16.5. The SMILES string of the molecule is CC(C)OCC(=O)Nc1ccc(OCC(N)=O)cc1. The summed E-state index contributed by atoms with van der Waals surface area (Å²) in [7, 11) is 0. The molecule has 0 unspecified atom stereocenters. The second-order valence-electron chi connectivity index (χ2n) is 4.19. The molecule has 0 aliphatic carbocycles. The first-order valence-corrected chi connectivity index (χ1v) is 5.90. The number of carbonyl (C=O) groups excluding carboxylic acids is 2. The number of nitrogens with two attached hydrogens (primary N) is 1. The van der Waals surface area contributed by atoms with E-state index in [0.717, 1.165) is 0 Å². The van der Waals surface area contributed by atoms with Gasteiger partial charge in [0.15, 0.2) is 6.61 Å². The van der Waals surface area contributed by atoms with Crippen molar-refractivity contribution in [2.45, 2.75) is 20.0 Å². The van der Waals surface area contributed by atoms with E-state index in [2.05, 4.69) is 5.32 Å². The Morgan fingerprint density at radius 2 is 1.84 bits per heavy atom. The van der Waals surface area contributed by atoms with Crippen molar-refractivity contribution in [1.29, 1.82) is 0 Å². The van der Waals surface area contributed by atoms with Gasteiger partial charge in [0.25, 0.3) is 5.91 Å². The maximum Gasteiger partial charge on any atom is 0.255 e. The predicted octanol–water partition coefficient (Wildman–Crippen LogP) is 0.914. The van der Waals surface area contributed by atoms with E-state index in [1.807, 2.05) is 13.8 Å². The van der Waals surface area contributed by atoms with E-state index in [0.29, 0.717) is 11.4 Å². The first-order chi connectivity index (χ1) is 8.97. The quantitative estimate of drug-likeness (QED) is 0.767. The summed E-state index contributed by atoms with van der Waals surface area (Å²) in [5.41, 5.74) is 5.59. The summed E-state index contributed by atoms with van der Waals surface area (Å²) < 4.78 is 10.3. The number of nitrogens with one attached hydrogen (secondary N) is 1. The molecule has 0 heterocycles. The molecule has 0 fully saturated rings. The molecule has 0 aliphatic heterocycles. The van der Waals surface area contributed by atoms with Crippen LogP contribution in [0.2, 0.25) is 0 Å². The fraction of sp³-hybridized carbons (Fsp3) is 0.385. The number of primary amides is 1. The molecule has 1 aromatic rings. The number of carbonyl (C=O) groups is 2. The molecule has 1 aromatic carbocycles. The average Bonchev–Trinajstić information content (AvgIpc) is 2.35. The Labute approximate surface area is 111 Å². The zero-order chi connectivity index (χ0) is 14.3. The number of hydrogen-bond donors (Lipinski definition) is 2. The van der Waals surface area contributed by atoms with Crippen molar-refractivity contribution in [2.75, 3.05) is 18.5 Å². The maximum absolute atomic E-state index is 11.5. The average molecular weight is 266 g/mol. The maximum atomic E-state index is 11.5. The second-order valence-corrected chi connectivity index (χ2v) is 4.19. The van der Waals surface area contributed by atoms with Crippen LogP contribution in [0.5, 0.6) is 5.75 Å². The lowest BCUT2D eigenvalue weighted by molar-refractivity contribution is -0.122. The van der Waals surface area contributed by atoms with E-state index in [9.17, 15) is 9.59 Å². The van der Waals surface area contributed by atoms with Gasteiger partial charge in [-0.25, -0.2) is 0 Å². The van der Waals surface area contributed by atoms with Gasteiger partial charge in [0, 0.05) is 5.69 Å². The minimum absolute atomic E-state index is 0.00956. The molecule has 6 heteroatoms. The van der Waals surface area contributed by atoms with Crippen molar-refractivity contribution in [3.8, 4) is 5.75 Å². The van der Waals surface area contributed by atoms with Gasteiger partial charge in [-0.3, -0.25) is 9.59 Å². The molecule has 0 aromatic heterocycles. The summed E-state index contributed by atoms with van der Waals surface area (Å²) >= 11 is 0. The number of ether oxygens (including phenoxy) is 2. The molecule has 2 amide bonds. The van der Waals surface area contributed by atoms with Gasteiger partial charge in [-0.2, -0.15) is 0 Å². The van der Waals surface area contributed by atoms with Crippen LogP contribution in [0, 0.1) is 0 Å². The molecule has 0 aliphatic rings. The summed E-state index contributed by atoms with van der Waals surface area (Å²) in [4.78, 5) is 22.0. The van der Waals surface area contributed by atoms with Crippen LogP contribution >= 0.6 is 0 Å². The Balaban J connectivity index is 2.43. The van der Waals surface area contributed by atoms with Crippen LogP contribution < -0.4 is 15.8 Å². The minimum atomic E-state index is -0.539. The van der Waals surface area contributed by atoms with Crippen molar-refractivity contribution in [1.82, 2.24) is 0 Å². The van der Waals surface area contributed by atoms with Gasteiger partial charge in [-0.1, -0.05) is 0 Å². The third kappa shape index (κ3) is 6.42. The van der Waals surface area contributed by atoms with Crippen LogP contribution in [0.3, 0.4) is 0 Å². The van der Waals surface area contributed by atoms with Gasteiger partial charge in [0.1, 0.15) is 12.4 Å². The van der Waals surface area contributed by atoms with Crippen LogP contribution in [-0.4, -0.2) is 31.1 Å². The van der Waals surface area contributed by atoms with E-state index in [4.69, 9.17) is 15.2 Å². The molecular weight excluding hydrogens is 248 g/mol. The van der Waals surface area contributed by atoms with Gasteiger partial charge in [-0.05, 0) is 38.1 Å². The van der Waals surface area contributed by atoms with Crippen LogP contribution in [0.25, 0.3) is 0 Å². The number of anilines is 1. The van der Waals surface area contributed by atoms with Crippen molar-refractivity contribution in [3.63, 3.8) is 0 Å². The summed E-state index contributed by atoms with van der Waals surface area (Å²) in [6, 6.07) is 6.62. The number of benzene rings is 1. The first kappa shape index (κ1) is 15.0. The molecule has 104 valence electrons. The highest BCUT2D eigenvalue weighted by Crippen LogP contribution is 2.15. The molecule has 3 N–H and O–H groups in total. The zero-order valence-electron chi connectivity index (χ0n) is 11.0. The smallest absolute Gasteiger partial charge is 0.255 e. The van der Waals surface area contributed by atoms with E-state index in [-0.39, 0.29) is 25.2 Å². The Hall–Kier alpha value is -2.08. The third-order valence-electron chi connectivity index (χ3n) is 2.07. The highest BCUT2D eigenvalue weighted by molar-refractivity contribution is 5.91. The molecular formula is C13H18N2O4. The highest BCUT2D eigenvalue weighted by Gasteiger charge is 2.04. The fourth-order valence-corrected chi connectivity index (χ4v) is 1.23. The molecule has 0 saturated heterocycles. The minimum Gasteiger partial charge on any atom is -0.484 e. The molecule has 0 atom stereocenters. The Morgan fingerprint density at radius 3 is 2.37 bits per heavy atom. The van der Waals surface area contributed by atoms with E-state index in [1.165, 1.54) is 0 Å². The van der Waals surface area contributed by atoms with Crippen molar-refractivity contribution >= 4 is 17.5 Å². The fourth-order valence-electron chi connectivity index (χ4n) is 1.23. The summed E-state index contributed by atoms with van der Waals surface area (Å²) in [6.07, 6.45) is 0.00956. The number of hydrogen-bond acceptors (Lipinski definition) is 4. The van der Waals surface area contributed by atoms with E-state index >= 15 is 0 Å². The third-order valence-corrected chi connectivity index (χ3v) is 2.07. The molecule has 6 nitrogen and oxygen atoms in total. The summed E-state index contributed by atoms with van der Waals surface area (Å²) in [5.74, 6) is -0.252. The van der Waals surface area contributed by atoms with Crippen LogP contribution in [0.4, 0.5) is 5.69 Å². The first-order valence-electron chi connectivity index (χ1n) is 5.90. The van der Waals surface area contributed by atoms with Gasteiger partial charge < -0.3 is 20.5 Å². The monoisotopic (exact) mass is 266 g/mol. The van der Waals surface area contributed by atoms with Gasteiger partial charge in [0.05, 0.1) is 6.10 Å². The van der Waals surface area contributed by atoms with Gasteiger partial charge >= 0.3 is 0 Å². The van der Waals surface area contributed by atoms with Crippen molar-refractivity contribution in [3.05, 3.63) is 24.3 Å². The van der Waals surface area contributed by atoms with Gasteiger partial charge in [-0.15, -0.1) is 0 Å². The van der Waals surface area contributed by atoms with Gasteiger partial charge in [0.2, 0.25) is 5.91 Å². The summed E-state index contributed by atoms with van der Waals surface area (Å²) in [5, 5.41) is 2.68. The molecule has 1 rings (SSSR count). The standard InChI is InChI=1S/C13H18N2O4/c1-9(2)18-8-13(17)15-10-3-5-11(6-4-10)19-7-12(14)16/h3-6,9H,7-8H2,1-2H3,(H2,14,16)(H,15,17). The predicted molar refractivity (Wildman–Crippen MR) is 70.8 cm³/mol.